The van der Waals surface area contributed by atoms with Crippen LogP contribution in [-0.2, 0) is 11.3 Å². The maximum absolute atomic E-state index is 13.0. The van der Waals surface area contributed by atoms with E-state index in [0.29, 0.717) is 39.2 Å². The molecule has 1 aromatic carbocycles. The molecule has 2 aliphatic rings. The van der Waals surface area contributed by atoms with Gasteiger partial charge in [-0.15, -0.1) is 11.3 Å². The van der Waals surface area contributed by atoms with Gasteiger partial charge in [-0.1, -0.05) is 6.07 Å². The van der Waals surface area contributed by atoms with Gasteiger partial charge in [0, 0.05) is 45.8 Å². The summed E-state index contributed by atoms with van der Waals surface area (Å²) in [7, 11) is 1.34. The van der Waals surface area contributed by atoms with Gasteiger partial charge in [0.25, 0.3) is 5.91 Å². The number of benzene rings is 1. The lowest BCUT2D eigenvalue weighted by atomic mass is 10.1. The summed E-state index contributed by atoms with van der Waals surface area (Å²) >= 11 is 6.95. The van der Waals surface area contributed by atoms with E-state index in [1.54, 1.807) is 11.8 Å². The van der Waals surface area contributed by atoms with Crippen molar-refractivity contribution in [1.82, 2.24) is 14.7 Å². The van der Waals surface area contributed by atoms with Crippen LogP contribution in [0.3, 0.4) is 0 Å². The third kappa shape index (κ3) is 5.42. The van der Waals surface area contributed by atoms with E-state index in [1.165, 1.54) is 24.0 Å². The van der Waals surface area contributed by atoms with Crippen molar-refractivity contribution < 1.29 is 23.8 Å². The molecule has 194 valence electrons. The van der Waals surface area contributed by atoms with Gasteiger partial charge in [-0.25, -0.2) is 4.79 Å². The molecule has 1 aromatic heterocycles. The van der Waals surface area contributed by atoms with Crippen molar-refractivity contribution in [2.45, 2.75) is 27.3 Å². The Morgan fingerprint density at radius 2 is 1.83 bits per heavy atom. The molecular formula is C25H32N4O5S2. The summed E-state index contributed by atoms with van der Waals surface area (Å²) in [5.74, 6) is 1.00. The van der Waals surface area contributed by atoms with Gasteiger partial charge in [-0.3, -0.25) is 9.69 Å². The largest absolute Gasteiger partial charge is 0.465 e. The molecule has 1 fully saturated rings. The standard InChI is InChI=1S/C25H32N4O5S2/c1-5-28(6-2)23(30)21-16(3)20(24(31)32-4)22(36-21)26-25(35)29-11-9-27(10-12-29)14-17-7-8-18-19(13-17)34-15-33-18/h7-8,13H,5-6,9-12,14-15H2,1-4H3,(H,26,35). The van der Waals surface area contributed by atoms with Gasteiger partial charge in [-0.05, 0) is 56.2 Å². The maximum Gasteiger partial charge on any atom is 0.341 e. The Kier molecular flexibility index (Phi) is 8.32. The van der Waals surface area contributed by atoms with Gasteiger partial charge in [0.15, 0.2) is 16.6 Å². The Balaban J connectivity index is 1.41. The first-order chi connectivity index (χ1) is 17.4. The van der Waals surface area contributed by atoms with Crippen LogP contribution < -0.4 is 14.8 Å². The monoisotopic (exact) mass is 532 g/mol. The zero-order chi connectivity index (χ0) is 25.8. The lowest BCUT2D eigenvalue weighted by Gasteiger charge is -2.36. The number of nitrogens with zero attached hydrogens (tertiary/aromatic N) is 3. The number of esters is 1. The number of fused-ring (bicyclic) bond motifs is 1. The first-order valence-corrected chi connectivity index (χ1v) is 13.3. The van der Waals surface area contributed by atoms with Crippen molar-refractivity contribution in [3.8, 4) is 11.5 Å². The minimum Gasteiger partial charge on any atom is -0.465 e. The number of hydrogen-bond acceptors (Lipinski definition) is 8. The van der Waals surface area contributed by atoms with E-state index < -0.39 is 5.97 Å². The van der Waals surface area contributed by atoms with Gasteiger partial charge in [0.1, 0.15) is 5.00 Å². The molecule has 0 spiro atoms. The van der Waals surface area contributed by atoms with E-state index in [0.717, 1.165) is 44.2 Å². The number of thiophene rings is 1. The van der Waals surface area contributed by atoms with Gasteiger partial charge in [0.2, 0.25) is 6.79 Å². The summed E-state index contributed by atoms with van der Waals surface area (Å²) in [6.45, 7) is 11.1. The first-order valence-electron chi connectivity index (χ1n) is 12.0. The number of piperazine rings is 1. The Hall–Kier alpha value is -2.89. The molecule has 0 saturated carbocycles. The highest BCUT2D eigenvalue weighted by atomic mass is 32.1. The van der Waals surface area contributed by atoms with Crippen molar-refractivity contribution in [2.75, 3.05) is 58.5 Å². The smallest absolute Gasteiger partial charge is 0.341 e. The topological polar surface area (TPSA) is 83.6 Å². The minimum atomic E-state index is -0.485. The van der Waals surface area contributed by atoms with Crippen LogP contribution in [0.4, 0.5) is 5.00 Å². The van der Waals surface area contributed by atoms with Crippen LogP contribution in [0.5, 0.6) is 11.5 Å². The molecule has 1 N–H and O–H groups in total. The van der Waals surface area contributed by atoms with Crippen LogP contribution in [0, 0.1) is 6.92 Å². The van der Waals surface area contributed by atoms with Crippen molar-refractivity contribution in [2.24, 2.45) is 0 Å². The number of hydrogen-bond donors (Lipinski definition) is 1. The number of nitrogens with one attached hydrogen (secondary N) is 1. The Morgan fingerprint density at radius 1 is 1.14 bits per heavy atom. The Morgan fingerprint density at radius 3 is 2.50 bits per heavy atom. The highest BCUT2D eigenvalue weighted by Gasteiger charge is 2.29. The van der Waals surface area contributed by atoms with E-state index in [1.807, 2.05) is 26.0 Å². The fourth-order valence-electron chi connectivity index (χ4n) is 4.39. The number of methoxy groups -OCH3 is 1. The third-order valence-corrected chi connectivity index (χ3v) is 8.06. The van der Waals surface area contributed by atoms with E-state index >= 15 is 0 Å². The molecule has 0 atom stereocenters. The number of carbonyl (C=O) groups excluding carboxylic acids is 2. The fourth-order valence-corrected chi connectivity index (χ4v) is 5.90. The fraction of sp³-hybridized carbons (Fsp3) is 0.480. The molecule has 0 radical (unpaired) electrons. The Labute approximate surface area is 220 Å². The van der Waals surface area contributed by atoms with Crippen molar-refractivity contribution in [3.05, 3.63) is 39.8 Å². The lowest BCUT2D eigenvalue weighted by Crippen LogP contribution is -2.49. The number of amides is 1. The molecule has 0 unspecified atom stereocenters. The molecule has 0 aliphatic carbocycles. The molecule has 4 rings (SSSR count). The summed E-state index contributed by atoms with van der Waals surface area (Å²) < 4.78 is 15.9. The van der Waals surface area contributed by atoms with E-state index in [4.69, 9.17) is 26.4 Å². The number of carbonyl (C=O) groups is 2. The van der Waals surface area contributed by atoms with Gasteiger partial charge in [-0.2, -0.15) is 0 Å². The average Bonchev–Trinajstić information content (AvgIpc) is 3.48. The Bertz CT molecular complexity index is 1140. The van der Waals surface area contributed by atoms with Crippen LogP contribution in [0.25, 0.3) is 0 Å². The number of ether oxygens (including phenoxy) is 3. The van der Waals surface area contributed by atoms with Crippen LogP contribution in [-0.4, -0.2) is 84.9 Å². The predicted octanol–water partition coefficient (Wildman–Crippen LogP) is 3.57. The van der Waals surface area contributed by atoms with Crippen LogP contribution in [0.1, 0.15) is 45.0 Å². The minimum absolute atomic E-state index is 0.0937. The quantitative estimate of drug-likeness (QED) is 0.425. The second-order valence-corrected chi connectivity index (χ2v) is 10.0. The number of rotatable bonds is 7. The maximum atomic E-state index is 13.0. The summed E-state index contributed by atoms with van der Waals surface area (Å²) in [6, 6.07) is 6.05. The lowest BCUT2D eigenvalue weighted by molar-refractivity contribution is 0.0601. The third-order valence-electron chi connectivity index (χ3n) is 6.50. The molecular weight excluding hydrogens is 500 g/mol. The second kappa shape index (κ2) is 11.4. The van der Waals surface area contributed by atoms with Gasteiger partial charge < -0.3 is 29.3 Å². The zero-order valence-electron chi connectivity index (χ0n) is 21.1. The van der Waals surface area contributed by atoms with Crippen molar-refractivity contribution in [3.63, 3.8) is 0 Å². The summed E-state index contributed by atoms with van der Waals surface area (Å²) in [5, 5.41) is 4.31. The molecule has 1 amide bonds. The summed E-state index contributed by atoms with van der Waals surface area (Å²) in [4.78, 5) is 32.3. The normalized spacial score (nSPS) is 15.1. The first kappa shape index (κ1) is 26.2. The highest BCUT2D eigenvalue weighted by molar-refractivity contribution is 7.80. The van der Waals surface area contributed by atoms with Crippen LogP contribution in [0.2, 0.25) is 0 Å². The van der Waals surface area contributed by atoms with Crippen molar-refractivity contribution >= 4 is 45.5 Å². The summed E-state index contributed by atoms with van der Waals surface area (Å²) in [6.07, 6.45) is 0. The van der Waals surface area contributed by atoms with E-state index in [2.05, 4.69) is 21.2 Å². The average molecular weight is 533 g/mol. The van der Waals surface area contributed by atoms with Crippen LogP contribution in [0.15, 0.2) is 18.2 Å². The van der Waals surface area contributed by atoms with E-state index in [9.17, 15) is 9.59 Å². The summed E-state index contributed by atoms with van der Waals surface area (Å²) in [5.41, 5.74) is 2.15. The molecule has 0 bridgehead atoms. The molecule has 3 heterocycles. The zero-order valence-corrected chi connectivity index (χ0v) is 22.7. The number of anilines is 1. The second-order valence-electron chi connectivity index (χ2n) is 8.61. The molecule has 1 saturated heterocycles. The molecule has 2 aromatic rings. The van der Waals surface area contributed by atoms with Crippen LogP contribution >= 0.6 is 23.6 Å². The SMILES string of the molecule is CCN(CC)C(=O)c1sc(NC(=S)N2CCN(Cc3ccc4c(c3)OCO4)CC2)c(C(=O)OC)c1C. The van der Waals surface area contributed by atoms with Gasteiger partial charge in [0.05, 0.1) is 17.6 Å². The highest BCUT2D eigenvalue weighted by Crippen LogP contribution is 2.35. The predicted molar refractivity (Wildman–Crippen MR) is 143 cm³/mol. The number of thiocarbonyl (C=S) groups is 1. The molecule has 2 aliphatic heterocycles. The van der Waals surface area contributed by atoms with Crippen molar-refractivity contribution in [1.29, 1.82) is 0 Å². The van der Waals surface area contributed by atoms with E-state index in [-0.39, 0.29) is 12.7 Å². The molecule has 36 heavy (non-hydrogen) atoms. The molecule has 11 heteroatoms. The van der Waals surface area contributed by atoms with Gasteiger partial charge >= 0.3 is 5.97 Å². The molecule has 9 nitrogen and oxygen atoms in total.